The van der Waals surface area contributed by atoms with Crippen molar-refractivity contribution in [1.82, 2.24) is 15.3 Å². The highest BCUT2D eigenvalue weighted by molar-refractivity contribution is 9.10. The van der Waals surface area contributed by atoms with Gasteiger partial charge >= 0.3 is 0 Å². The largest absolute Gasteiger partial charge is 0.368 e. The van der Waals surface area contributed by atoms with Gasteiger partial charge < -0.3 is 10.6 Å². The topological polar surface area (TPSA) is 66.9 Å². The van der Waals surface area contributed by atoms with Crippen molar-refractivity contribution in [1.29, 1.82) is 0 Å². The van der Waals surface area contributed by atoms with E-state index in [-0.39, 0.29) is 17.7 Å². The Kier molecular flexibility index (Phi) is 4.74. The fourth-order valence-corrected chi connectivity index (χ4v) is 2.05. The standard InChI is InChI=1S/C13H19BrN4O/c1-8(2)12-17-10(14)7-11(18-12)15-5-6-16-13(19)9-3-4-9/h7-9H,3-6H2,1-2H3,(H,16,19)(H,15,17,18). The number of halogens is 1. The first-order valence-electron chi connectivity index (χ1n) is 6.62. The normalized spacial score (nSPS) is 14.5. The van der Waals surface area contributed by atoms with Crippen molar-refractivity contribution in [2.75, 3.05) is 18.4 Å². The summed E-state index contributed by atoms with van der Waals surface area (Å²) >= 11 is 3.38. The van der Waals surface area contributed by atoms with Gasteiger partial charge in [0.25, 0.3) is 0 Å². The van der Waals surface area contributed by atoms with Crippen molar-refractivity contribution in [2.24, 2.45) is 5.92 Å². The fourth-order valence-electron chi connectivity index (χ4n) is 1.65. The third-order valence-electron chi connectivity index (χ3n) is 2.91. The number of hydrogen-bond donors (Lipinski definition) is 2. The summed E-state index contributed by atoms with van der Waals surface area (Å²) in [6.07, 6.45) is 2.08. The molecule has 0 spiro atoms. The van der Waals surface area contributed by atoms with Crippen molar-refractivity contribution in [3.63, 3.8) is 0 Å². The quantitative estimate of drug-likeness (QED) is 0.621. The molecule has 1 amide bonds. The molecule has 6 heteroatoms. The lowest BCUT2D eigenvalue weighted by atomic mass is 10.2. The SMILES string of the molecule is CC(C)c1nc(Br)cc(NCCNC(=O)C2CC2)n1. The average Bonchev–Trinajstić information content (AvgIpc) is 3.17. The highest BCUT2D eigenvalue weighted by Gasteiger charge is 2.28. The Morgan fingerprint density at radius 1 is 1.42 bits per heavy atom. The minimum atomic E-state index is 0.175. The molecule has 1 aromatic rings. The molecule has 2 rings (SSSR count). The molecule has 1 aliphatic rings. The molecule has 1 aromatic heterocycles. The zero-order valence-electron chi connectivity index (χ0n) is 11.2. The van der Waals surface area contributed by atoms with Gasteiger partial charge in [-0.15, -0.1) is 0 Å². The molecule has 0 radical (unpaired) electrons. The number of rotatable bonds is 6. The third-order valence-corrected chi connectivity index (χ3v) is 3.31. The van der Waals surface area contributed by atoms with Crippen LogP contribution in [0.4, 0.5) is 5.82 Å². The molecule has 0 aromatic carbocycles. The van der Waals surface area contributed by atoms with Crippen LogP contribution in [0.2, 0.25) is 0 Å². The maximum Gasteiger partial charge on any atom is 0.223 e. The van der Waals surface area contributed by atoms with Crippen LogP contribution in [0, 0.1) is 5.92 Å². The number of hydrogen-bond acceptors (Lipinski definition) is 4. The molecular weight excluding hydrogens is 308 g/mol. The summed E-state index contributed by atoms with van der Waals surface area (Å²) in [5.74, 6) is 2.31. The van der Waals surface area contributed by atoms with Gasteiger partial charge in [0.05, 0.1) is 0 Å². The van der Waals surface area contributed by atoms with E-state index in [9.17, 15) is 4.79 Å². The molecule has 5 nitrogen and oxygen atoms in total. The number of nitrogens with zero attached hydrogens (tertiary/aromatic N) is 2. The van der Waals surface area contributed by atoms with Gasteiger partial charge in [-0.25, -0.2) is 9.97 Å². The summed E-state index contributed by atoms with van der Waals surface area (Å²) in [5, 5.41) is 6.11. The lowest BCUT2D eigenvalue weighted by Gasteiger charge is -2.10. The second-order valence-electron chi connectivity index (χ2n) is 5.08. The van der Waals surface area contributed by atoms with E-state index in [1.165, 1.54) is 0 Å². The minimum Gasteiger partial charge on any atom is -0.368 e. The van der Waals surface area contributed by atoms with Gasteiger partial charge in [0.15, 0.2) is 0 Å². The smallest absolute Gasteiger partial charge is 0.223 e. The van der Waals surface area contributed by atoms with E-state index in [1.807, 2.05) is 6.07 Å². The van der Waals surface area contributed by atoms with Crippen molar-refractivity contribution >= 4 is 27.7 Å². The van der Waals surface area contributed by atoms with Crippen LogP contribution in [0.3, 0.4) is 0 Å². The zero-order chi connectivity index (χ0) is 13.8. The highest BCUT2D eigenvalue weighted by atomic mass is 79.9. The van der Waals surface area contributed by atoms with Gasteiger partial charge in [-0.2, -0.15) is 0 Å². The van der Waals surface area contributed by atoms with E-state index in [0.717, 1.165) is 29.1 Å². The number of nitrogens with one attached hydrogen (secondary N) is 2. The van der Waals surface area contributed by atoms with Gasteiger partial charge in [0.1, 0.15) is 16.2 Å². The van der Waals surface area contributed by atoms with E-state index in [2.05, 4.69) is 50.4 Å². The van der Waals surface area contributed by atoms with Gasteiger partial charge in [0, 0.05) is 31.0 Å². The van der Waals surface area contributed by atoms with Crippen LogP contribution < -0.4 is 10.6 Å². The number of anilines is 1. The van der Waals surface area contributed by atoms with Crippen LogP contribution in [0.5, 0.6) is 0 Å². The van der Waals surface area contributed by atoms with E-state index in [4.69, 9.17) is 0 Å². The van der Waals surface area contributed by atoms with Crippen molar-refractivity contribution < 1.29 is 4.79 Å². The predicted octanol–water partition coefficient (Wildman–Crippen LogP) is 2.30. The summed E-state index contributed by atoms with van der Waals surface area (Å²) in [6.45, 7) is 5.40. The van der Waals surface area contributed by atoms with Crippen molar-refractivity contribution in [2.45, 2.75) is 32.6 Å². The Balaban J connectivity index is 1.80. The maximum absolute atomic E-state index is 11.4. The summed E-state index contributed by atoms with van der Waals surface area (Å²) < 4.78 is 0.774. The number of aromatic nitrogens is 2. The summed E-state index contributed by atoms with van der Waals surface area (Å²) in [6, 6.07) is 1.84. The molecule has 1 fully saturated rings. The summed E-state index contributed by atoms with van der Waals surface area (Å²) in [5.41, 5.74) is 0. The Bertz CT molecular complexity index is 460. The summed E-state index contributed by atoms with van der Waals surface area (Å²) in [4.78, 5) is 20.2. The lowest BCUT2D eigenvalue weighted by molar-refractivity contribution is -0.122. The first-order valence-corrected chi connectivity index (χ1v) is 7.41. The molecule has 1 heterocycles. The van der Waals surface area contributed by atoms with Gasteiger partial charge in [0.2, 0.25) is 5.91 Å². The zero-order valence-corrected chi connectivity index (χ0v) is 12.8. The molecule has 0 bridgehead atoms. The second-order valence-corrected chi connectivity index (χ2v) is 5.89. The number of carbonyl (C=O) groups is 1. The summed E-state index contributed by atoms with van der Waals surface area (Å²) in [7, 11) is 0. The highest BCUT2D eigenvalue weighted by Crippen LogP contribution is 2.28. The van der Waals surface area contributed by atoms with Crippen LogP contribution in [-0.2, 0) is 4.79 Å². The third kappa shape index (κ3) is 4.45. The Morgan fingerprint density at radius 2 is 2.16 bits per heavy atom. The van der Waals surface area contributed by atoms with Crippen molar-refractivity contribution in [3.8, 4) is 0 Å². The van der Waals surface area contributed by atoms with Gasteiger partial charge in [-0.3, -0.25) is 4.79 Å². The minimum absolute atomic E-state index is 0.175. The molecular formula is C13H19BrN4O. The predicted molar refractivity (Wildman–Crippen MR) is 78.0 cm³/mol. The van der Waals surface area contributed by atoms with E-state index in [1.54, 1.807) is 0 Å². The average molecular weight is 327 g/mol. The van der Waals surface area contributed by atoms with Crippen LogP contribution in [0.1, 0.15) is 38.4 Å². The molecule has 2 N–H and O–H groups in total. The monoisotopic (exact) mass is 326 g/mol. The van der Waals surface area contributed by atoms with Crippen LogP contribution in [0.15, 0.2) is 10.7 Å². The molecule has 0 aliphatic heterocycles. The molecule has 1 aliphatic carbocycles. The van der Waals surface area contributed by atoms with Crippen LogP contribution >= 0.6 is 15.9 Å². The maximum atomic E-state index is 11.4. The molecule has 0 saturated heterocycles. The Labute approximate surface area is 121 Å². The molecule has 1 saturated carbocycles. The molecule has 0 atom stereocenters. The van der Waals surface area contributed by atoms with Gasteiger partial charge in [-0.05, 0) is 28.8 Å². The Morgan fingerprint density at radius 3 is 2.79 bits per heavy atom. The van der Waals surface area contributed by atoms with Crippen LogP contribution in [-0.4, -0.2) is 29.0 Å². The first kappa shape index (κ1) is 14.2. The number of amides is 1. The van der Waals surface area contributed by atoms with Crippen LogP contribution in [0.25, 0.3) is 0 Å². The van der Waals surface area contributed by atoms with E-state index >= 15 is 0 Å². The van der Waals surface area contributed by atoms with E-state index < -0.39 is 0 Å². The Hall–Kier alpha value is -1.17. The lowest BCUT2D eigenvalue weighted by Crippen LogP contribution is -2.30. The molecule has 19 heavy (non-hydrogen) atoms. The number of carbonyl (C=O) groups excluding carboxylic acids is 1. The molecule has 0 unspecified atom stereocenters. The van der Waals surface area contributed by atoms with Gasteiger partial charge in [-0.1, -0.05) is 13.8 Å². The van der Waals surface area contributed by atoms with E-state index in [0.29, 0.717) is 13.1 Å². The fraction of sp³-hybridized carbons (Fsp3) is 0.615. The second kappa shape index (κ2) is 6.32. The first-order chi connectivity index (χ1) is 9.06. The molecule has 104 valence electrons. The van der Waals surface area contributed by atoms with Crippen molar-refractivity contribution in [3.05, 3.63) is 16.5 Å².